The van der Waals surface area contributed by atoms with Gasteiger partial charge in [0.05, 0.1) is 6.61 Å². The van der Waals surface area contributed by atoms with Gasteiger partial charge in [-0.15, -0.1) is 0 Å². The van der Waals surface area contributed by atoms with Gasteiger partial charge in [0.15, 0.2) is 0 Å². The minimum atomic E-state index is -0.0481. The largest absolute Gasteiger partial charge is 0.466 e. The van der Waals surface area contributed by atoms with Crippen LogP contribution in [0.3, 0.4) is 0 Å². The summed E-state index contributed by atoms with van der Waals surface area (Å²) in [6.45, 7) is 10.6. The first-order valence-electron chi connectivity index (χ1n) is 7.05. The predicted octanol–water partition coefficient (Wildman–Crippen LogP) is 2.94. The minimum absolute atomic E-state index is 0.0481. The second-order valence-electron chi connectivity index (χ2n) is 5.50. The van der Waals surface area contributed by atoms with Gasteiger partial charge in [-0.2, -0.15) is 11.8 Å². The summed E-state index contributed by atoms with van der Waals surface area (Å²) in [4.78, 5) is 13.7. The Morgan fingerprint density at radius 2 is 2.11 bits per heavy atom. The van der Waals surface area contributed by atoms with Gasteiger partial charge in [-0.3, -0.25) is 4.79 Å². The molecule has 0 amide bonds. The minimum Gasteiger partial charge on any atom is -0.466 e. The zero-order valence-corrected chi connectivity index (χ0v) is 12.9. The topological polar surface area (TPSA) is 29.5 Å². The molecular formula is C14H27NO2S. The first-order valence-corrected chi connectivity index (χ1v) is 8.04. The summed E-state index contributed by atoms with van der Waals surface area (Å²) in [6, 6.07) is 0. The van der Waals surface area contributed by atoms with Crippen LogP contribution in [0.1, 0.15) is 46.5 Å². The average Bonchev–Trinajstić information content (AvgIpc) is 2.27. The molecule has 106 valence electrons. The average molecular weight is 273 g/mol. The molecule has 0 atom stereocenters. The van der Waals surface area contributed by atoms with Crippen LogP contribution in [0.25, 0.3) is 0 Å². The Bertz CT molecular complexity index is 256. The smallest absolute Gasteiger partial charge is 0.305 e. The van der Waals surface area contributed by atoms with E-state index in [1.165, 1.54) is 31.8 Å². The molecule has 0 aromatic carbocycles. The van der Waals surface area contributed by atoms with E-state index in [0.717, 1.165) is 12.8 Å². The Morgan fingerprint density at radius 1 is 1.33 bits per heavy atom. The van der Waals surface area contributed by atoms with E-state index in [1.807, 2.05) is 6.92 Å². The number of esters is 1. The maximum atomic E-state index is 11.2. The zero-order chi connectivity index (χ0) is 13.4. The summed E-state index contributed by atoms with van der Waals surface area (Å²) in [5.74, 6) is 1.20. The van der Waals surface area contributed by atoms with Crippen molar-refractivity contribution < 1.29 is 9.53 Å². The van der Waals surface area contributed by atoms with Crippen molar-refractivity contribution in [3.63, 3.8) is 0 Å². The quantitative estimate of drug-likeness (QED) is 0.527. The predicted molar refractivity (Wildman–Crippen MR) is 78.1 cm³/mol. The van der Waals surface area contributed by atoms with E-state index in [9.17, 15) is 4.79 Å². The van der Waals surface area contributed by atoms with E-state index < -0.39 is 0 Å². The van der Waals surface area contributed by atoms with Gasteiger partial charge in [-0.05, 0) is 40.2 Å². The Labute approximate surface area is 116 Å². The van der Waals surface area contributed by atoms with Crippen LogP contribution in [0.2, 0.25) is 0 Å². The molecule has 0 bridgehead atoms. The number of thioether (sulfide) groups is 1. The number of unbranched alkanes of at least 4 members (excludes halogenated alkanes) is 2. The van der Waals surface area contributed by atoms with Gasteiger partial charge in [0.2, 0.25) is 0 Å². The molecule has 0 aliphatic carbocycles. The van der Waals surface area contributed by atoms with E-state index in [0.29, 0.717) is 17.8 Å². The first-order chi connectivity index (χ1) is 8.53. The fourth-order valence-corrected chi connectivity index (χ4v) is 3.50. The molecule has 0 aromatic rings. The molecule has 0 spiro atoms. The molecule has 0 aromatic heterocycles. The molecule has 0 radical (unpaired) electrons. The number of ether oxygens (including phenoxy) is 1. The van der Waals surface area contributed by atoms with E-state index in [4.69, 9.17) is 4.74 Å². The third-order valence-electron chi connectivity index (χ3n) is 3.17. The molecule has 4 heteroatoms. The summed E-state index contributed by atoms with van der Waals surface area (Å²) in [7, 11) is 0. The Kier molecular flexibility index (Phi) is 7.08. The Hall–Kier alpha value is -0.220. The third-order valence-corrected chi connectivity index (χ3v) is 4.46. The van der Waals surface area contributed by atoms with Crippen LogP contribution in [0, 0.1) is 0 Å². The fourth-order valence-electron chi connectivity index (χ4n) is 2.32. The zero-order valence-electron chi connectivity index (χ0n) is 12.0. The normalized spacial score (nSPS) is 19.7. The molecule has 0 unspecified atom stereocenters. The van der Waals surface area contributed by atoms with Crippen molar-refractivity contribution in [2.45, 2.75) is 51.2 Å². The van der Waals surface area contributed by atoms with Crippen molar-refractivity contribution >= 4 is 17.7 Å². The summed E-state index contributed by atoms with van der Waals surface area (Å²) in [5, 5.41) is 0. The molecule has 1 fully saturated rings. The van der Waals surface area contributed by atoms with Gasteiger partial charge in [-0.25, -0.2) is 0 Å². The van der Waals surface area contributed by atoms with Crippen LogP contribution < -0.4 is 0 Å². The lowest BCUT2D eigenvalue weighted by Gasteiger charge is -2.37. The first kappa shape index (κ1) is 15.8. The van der Waals surface area contributed by atoms with Crippen molar-refractivity contribution in [1.29, 1.82) is 0 Å². The van der Waals surface area contributed by atoms with E-state index in [2.05, 4.69) is 30.5 Å². The fraction of sp³-hybridized carbons (Fsp3) is 0.929. The highest BCUT2D eigenvalue weighted by atomic mass is 32.2. The lowest BCUT2D eigenvalue weighted by atomic mass is 10.1. The van der Waals surface area contributed by atoms with Crippen LogP contribution in [0.5, 0.6) is 0 Å². The van der Waals surface area contributed by atoms with Crippen LogP contribution >= 0.6 is 11.8 Å². The van der Waals surface area contributed by atoms with Gasteiger partial charge in [0.25, 0.3) is 0 Å². The van der Waals surface area contributed by atoms with Gasteiger partial charge >= 0.3 is 5.97 Å². The van der Waals surface area contributed by atoms with Crippen molar-refractivity contribution in [3.8, 4) is 0 Å². The third kappa shape index (κ3) is 6.64. The molecule has 18 heavy (non-hydrogen) atoms. The summed E-state index contributed by atoms with van der Waals surface area (Å²) in [6.07, 6.45) is 3.86. The number of rotatable bonds is 7. The monoisotopic (exact) mass is 273 g/mol. The number of carbonyl (C=O) groups excluding carboxylic acids is 1. The molecule has 1 saturated heterocycles. The molecular weight excluding hydrogens is 246 g/mol. The second kappa shape index (κ2) is 8.05. The molecule has 1 heterocycles. The van der Waals surface area contributed by atoms with Crippen molar-refractivity contribution in [2.75, 3.05) is 32.0 Å². The standard InChI is InChI=1S/C14H27NO2S/c1-4-17-13(16)8-6-5-7-9-15-10-11-18-14(2,3)12-15/h4-12H2,1-3H3. The highest BCUT2D eigenvalue weighted by Gasteiger charge is 2.26. The van der Waals surface area contributed by atoms with E-state index in [-0.39, 0.29) is 5.97 Å². The molecule has 1 aliphatic rings. The highest BCUT2D eigenvalue weighted by Crippen LogP contribution is 2.29. The molecule has 1 aliphatic heterocycles. The maximum absolute atomic E-state index is 11.2. The SMILES string of the molecule is CCOC(=O)CCCCCN1CCSC(C)(C)C1. The van der Waals surface area contributed by atoms with Gasteiger partial charge in [0.1, 0.15) is 0 Å². The molecule has 0 saturated carbocycles. The summed E-state index contributed by atoms with van der Waals surface area (Å²) < 4.78 is 5.32. The summed E-state index contributed by atoms with van der Waals surface area (Å²) >= 11 is 2.07. The van der Waals surface area contributed by atoms with Crippen LogP contribution in [-0.2, 0) is 9.53 Å². The lowest BCUT2D eigenvalue weighted by Crippen LogP contribution is -2.43. The number of nitrogens with zero attached hydrogens (tertiary/aromatic N) is 1. The number of hydrogen-bond donors (Lipinski definition) is 0. The highest BCUT2D eigenvalue weighted by molar-refractivity contribution is 8.00. The molecule has 1 rings (SSSR count). The molecule has 3 nitrogen and oxygen atoms in total. The van der Waals surface area contributed by atoms with Crippen LogP contribution in [-0.4, -0.2) is 47.6 Å². The Balaban J connectivity index is 2.02. The second-order valence-corrected chi connectivity index (χ2v) is 7.30. The van der Waals surface area contributed by atoms with Crippen LogP contribution in [0.15, 0.2) is 0 Å². The van der Waals surface area contributed by atoms with Crippen molar-refractivity contribution in [3.05, 3.63) is 0 Å². The lowest BCUT2D eigenvalue weighted by molar-refractivity contribution is -0.143. The molecule has 0 N–H and O–H groups in total. The van der Waals surface area contributed by atoms with Crippen molar-refractivity contribution in [2.24, 2.45) is 0 Å². The summed E-state index contributed by atoms with van der Waals surface area (Å²) in [5.41, 5.74) is 0. The number of carbonyl (C=O) groups is 1. The number of hydrogen-bond acceptors (Lipinski definition) is 4. The van der Waals surface area contributed by atoms with Gasteiger partial charge < -0.3 is 9.64 Å². The maximum Gasteiger partial charge on any atom is 0.305 e. The van der Waals surface area contributed by atoms with Gasteiger partial charge in [0, 0.05) is 30.0 Å². The van der Waals surface area contributed by atoms with Gasteiger partial charge in [-0.1, -0.05) is 6.42 Å². The van der Waals surface area contributed by atoms with Crippen molar-refractivity contribution in [1.82, 2.24) is 4.90 Å². The Morgan fingerprint density at radius 3 is 2.78 bits per heavy atom. The van der Waals surface area contributed by atoms with E-state index in [1.54, 1.807) is 0 Å². The van der Waals surface area contributed by atoms with Crippen LogP contribution in [0.4, 0.5) is 0 Å². The van der Waals surface area contributed by atoms with E-state index >= 15 is 0 Å².